The highest BCUT2D eigenvalue weighted by Crippen LogP contribution is 2.15. The first-order chi connectivity index (χ1) is 11.3. The van der Waals surface area contributed by atoms with E-state index in [1.165, 1.54) is 0 Å². The van der Waals surface area contributed by atoms with Crippen molar-refractivity contribution in [3.05, 3.63) is 59.6 Å². The largest absolute Gasteiger partial charge is 0.370 e. The molecule has 24 heavy (non-hydrogen) atoms. The van der Waals surface area contributed by atoms with Gasteiger partial charge in [0.25, 0.3) is 0 Å². The lowest BCUT2D eigenvalue weighted by Gasteiger charge is -2.11. The van der Waals surface area contributed by atoms with Crippen LogP contribution in [-0.4, -0.2) is 18.5 Å². The van der Waals surface area contributed by atoms with Gasteiger partial charge in [-0.2, -0.15) is 0 Å². The minimum atomic E-state index is -1.23. The van der Waals surface area contributed by atoms with Crippen LogP contribution in [0.3, 0.4) is 0 Å². The van der Waals surface area contributed by atoms with E-state index in [4.69, 9.17) is 11.5 Å². The number of hydrogen-bond donors (Lipinski definition) is 3. The Morgan fingerprint density at radius 1 is 1.25 bits per heavy atom. The van der Waals surface area contributed by atoms with E-state index in [1.54, 1.807) is 19.1 Å². The summed E-state index contributed by atoms with van der Waals surface area (Å²) < 4.78 is 39.4. The number of nitrogens with zero attached hydrogens (tertiary/aromatic N) is 1. The van der Waals surface area contributed by atoms with Crippen LogP contribution in [0.4, 0.5) is 13.2 Å². The molecule has 0 saturated heterocycles. The van der Waals surface area contributed by atoms with E-state index in [-0.39, 0.29) is 24.5 Å². The van der Waals surface area contributed by atoms with Crippen LogP contribution in [-0.2, 0) is 6.42 Å². The van der Waals surface area contributed by atoms with Gasteiger partial charge >= 0.3 is 0 Å². The number of aliphatic imine (C=N–C) groups is 1. The van der Waals surface area contributed by atoms with Crippen molar-refractivity contribution in [2.24, 2.45) is 16.5 Å². The topological polar surface area (TPSA) is 76.4 Å². The lowest BCUT2D eigenvalue weighted by molar-refractivity contribution is 0.487. The molecule has 5 N–H and O–H groups in total. The van der Waals surface area contributed by atoms with Gasteiger partial charge in [-0.05, 0) is 31.1 Å². The zero-order chi connectivity index (χ0) is 18.7. The Kier molecular flexibility index (Phi) is 10.2. The molecule has 0 aromatic heterocycles. The zero-order valence-corrected chi connectivity index (χ0v) is 14.2. The molecule has 0 radical (unpaired) electrons. The first-order valence-corrected chi connectivity index (χ1v) is 7.58. The van der Waals surface area contributed by atoms with Crippen LogP contribution in [0, 0.1) is 17.5 Å². The first-order valence-electron chi connectivity index (χ1n) is 7.58. The highest BCUT2D eigenvalue weighted by molar-refractivity contribution is 5.79. The van der Waals surface area contributed by atoms with Crippen molar-refractivity contribution in [1.82, 2.24) is 5.32 Å². The molecule has 1 atom stereocenters. The second-order valence-electron chi connectivity index (χ2n) is 4.76. The first kappa shape index (κ1) is 21.7. The van der Waals surface area contributed by atoms with Gasteiger partial charge in [0.15, 0.2) is 17.6 Å². The molecule has 0 aliphatic rings. The van der Waals surface area contributed by atoms with E-state index < -0.39 is 23.5 Å². The molecule has 0 fully saturated rings. The lowest BCUT2D eigenvalue weighted by Crippen LogP contribution is -2.33. The second-order valence-corrected chi connectivity index (χ2v) is 4.76. The molecule has 1 aromatic rings. The highest BCUT2D eigenvalue weighted by Gasteiger charge is 2.13. The smallest absolute Gasteiger partial charge is 0.192 e. The molecule has 0 amide bonds. The van der Waals surface area contributed by atoms with Gasteiger partial charge in [0, 0.05) is 17.8 Å². The Balaban J connectivity index is 0.00000254. The molecule has 0 heterocycles. The molecule has 0 aliphatic heterocycles. The van der Waals surface area contributed by atoms with Crippen LogP contribution < -0.4 is 16.8 Å². The lowest BCUT2D eigenvalue weighted by atomic mass is 10.1. The molecule has 7 heteroatoms. The number of hydrogen-bond acceptors (Lipinski definition) is 2. The summed E-state index contributed by atoms with van der Waals surface area (Å²) in [5.41, 5.74) is 12.2. The van der Waals surface area contributed by atoms with Crippen molar-refractivity contribution in [2.75, 3.05) is 6.54 Å². The van der Waals surface area contributed by atoms with Gasteiger partial charge in [0.2, 0.25) is 0 Å². The van der Waals surface area contributed by atoms with Gasteiger partial charge in [-0.15, -0.1) is 0 Å². The summed E-state index contributed by atoms with van der Waals surface area (Å²) in [5.74, 6) is -3.03. The quantitative estimate of drug-likeness (QED) is 0.322. The van der Waals surface area contributed by atoms with Gasteiger partial charge in [-0.3, -0.25) is 4.99 Å². The van der Waals surface area contributed by atoms with Gasteiger partial charge in [0.1, 0.15) is 5.82 Å². The number of nitrogens with one attached hydrogen (secondary N) is 1. The molecule has 1 aromatic carbocycles. The number of rotatable bonds is 6. The summed E-state index contributed by atoms with van der Waals surface area (Å²) in [6.07, 6.45) is 3.31. The molecule has 0 bridgehead atoms. The summed E-state index contributed by atoms with van der Waals surface area (Å²) in [6, 6.07) is 0.718. The van der Waals surface area contributed by atoms with Crippen LogP contribution in [0.25, 0.3) is 0 Å². The predicted octanol–water partition coefficient (Wildman–Crippen LogP) is 2.99. The van der Waals surface area contributed by atoms with Crippen molar-refractivity contribution >= 4 is 5.96 Å². The van der Waals surface area contributed by atoms with E-state index in [0.717, 1.165) is 11.8 Å². The third kappa shape index (κ3) is 7.82. The van der Waals surface area contributed by atoms with E-state index in [9.17, 15) is 13.2 Å². The van der Waals surface area contributed by atoms with E-state index in [0.29, 0.717) is 6.07 Å². The molecule has 0 aliphatic carbocycles. The number of benzene rings is 1. The van der Waals surface area contributed by atoms with Crippen molar-refractivity contribution in [3.63, 3.8) is 0 Å². The van der Waals surface area contributed by atoms with Gasteiger partial charge in [-0.1, -0.05) is 26.5 Å². The maximum atomic E-state index is 13.5. The number of allylic oxidation sites excluding steroid dienone is 3. The normalized spacial score (nSPS) is 13.0. The fourth-order valence-corrected chi connectivity index (χ4v) is 1.74. The van der Waals surface area contributed by atoms with Gasteiger partial charge < -0.3 is 16.8 Å². The van der Waals surface area contributed by atoms with Crippen LogP contribution in [0.5, 0.6) is 0 Å². The number of halogens is 3. The van der Waals surface area contributed by atoms with E-state index >= 15 is 0 Å². The Morgan fingerprint density at radius 3 is 2.42 bits per heavy atom. The summed E-state index contributed by atoms with van der Waals surface area (Å²) in [7, 11) is 0. The van der Waals surface area contributed by atoms with E-state index in [1.807, 2.05) is 13.8 Å². The van der Waals surface area contributed by atoms with Crippen LogP contribution in [0.2, 0.25) is 0 Å². The summed E-state index contributed by atoms with van der Waals surface area (Å²) in [4.78, 5) is 4.01. The van der Waals surface area contributed by atoms with Gasteiger partial charge in [-0.25, -0.2) is 13.2 Å². The maximum absolute atomic E-state index is 13.5. The molecule has 1 unspecified atom stereocenters. The summed E-state index contributed by atoms with van der Waals surface area (Å²) in [6.45, 7) is 9.43. The summed E-state index contributed by atoms with van der Waals surface area (Å²) in [5, 5.41) is 2.81. The zero-order valence-electron chi connectivity index (χ0n) is 14.2. The van der Waals surface area contributed by atoms with Crippen molar-refractivity contribution in [1.29, 1.82) is 0 Å². The molecule has 0 spiro atoms. The molecular weight excluding hydrogens is 317 g/mol. The average molecular weight is 342 g/mol. The van der Waals surface area contributed by atoms with Crippen LogP contribution >= 0.6 is 0 Å². The van der Waals surface area contributed by atoms with Crippen LogP contribution in [0.15, 0.2) is 41.6 Å². The monoisotopic (exact) mass is 342 g/mol. The number of guanidine groups is 1. The SMILES string of the molecule is C=C/C=C(\C)NC(N)=NCC(N)Cc1cc(F)c(F)cc1F.CC. The standard InChI is InChI=1S/C15H19F3N4.C2H6/c1-3-4-9(2)22-15(20)21-8-11(19)5-10-6-13(17)14(18)7-12(10)16;1-2/h3-4,6-7,11H,1,5,8,19H2,2H3,(H3,20,21,22);1-2H3/b9-4+;. The molecule has 0 saturated carbocycles. The van der Waals surface area contributed by atoms with Crippen LogP contribution in [0.1, 0.15) is 26.3 Å². The Labute approximate surface area is 141 Å². The van der Waals surface area contributed by atoms with Gasteiger partial charge in [0.05, 0.1) is 6.54 Å². The molecule has 4 nitrogen and oxygen atoms in total. The predicted molar refractivity (Wildman–Crippen MR) is 92.9 cm³/mol. The van der Waals surface area contributed by atoms with Crippen molar-refractivity contribution in [3.8, 4) is 0 Å². The number of nitrogens with two attached hydrogens (primary N) is 2. The molecule has 1 rings (SSSR count). The Hall–Kier alpha value is -2.28. The van der Waals surface area contributed by atoms with Crippen molar-refractivity contribution in [2.45, 2.75) is 33.2 Å². The molecule has 134 valence electrons. The second kappa shape index (κ2) is 11.3. The van der Waals surface area contributed by atoms with Crippen molar-refractivity contribution < 1.29 is 13.2 Å². The highest BCUT2D eigenvalue weighted by atomic mass is 19.2. The fourth-order valence-electron chi connectivity index (χ4n) is 1.74. The average Bonchev–Trinajstić information content (AvgIpc) is 2.53. The Bertz CT molecular complexity index is 598. The fraction of sp³-hybridized carbons (Fsp3) is 0.353. The minimum absolute atomic E-state index is 0.00383. The minimum Gasteiger partial charge on any atom is -0.370 e. The molecular formula is C17H25F3N4. The maximum Gasteiger partial charge on any atom is 0.192 e. The third-order valence-corrected chi connectivity index (χ3v) is 2.76. The van der Waals surface area contributed by atoms with E-state index in [2.05, 4.69) is 16.9 Å². The summed E-state index contributed by atoms with van der Waals surface area (Å²) >= 11 is 0. The third-order valence-electron chi connectivity index (χ3n) is 2.76. The Morgan fingerprint density at radius 2 is 1.83 bits per heavy atom.